The van der Waals surface area contributed by atoms with Gasteiger partial charge in [0.05, 0.1) is 19.2 Å². The normalized spacial score (nSPS) is 10.8. The fourth-order valence-corrected chi connectivity index (χ4v) is 0.841. The second-order valence-electron chi connectivity index (χ2n) is 3.69. The summed E-state index contributed by atoms with van der Waals surface area (Å²) < 4.78 is 5.41. The first-order valence-corrected chi connectivity index (χ1v) is 4.80. The number of hydrogen-bond acceptors (Lipinski definition) is 3. The molecule has 0 saturated heterocycles. The lowest BCUT2D eigenvalue weighted by Crippen LogP contribution is -2.23. The minimum Gasteiger partial charge on any atom is -0.380 e. The van der Waals surface area contributed by atoms with Crippen molar-refractivity contribution >= 4 is 0 Å². The maximum atomic E-state index is 8.38. The Hall–Kier alpha value is -0.590. The molecule has 0 aliphatic rings. The van der Waals surface area contributed by atoms with Crippen LogP contribution in [0.2, 0.25) is 0 Å². The monoisotopic (exact) mass is 184 g/mol. The van der Waals surface area contributed by atoms with Crippen LogP contribution in [0.15, 0.2) is 0 Å². The van der Waals surface area contributed by atoms with Gasteiger partial charge in [-0.05, 0) is 19.4 Å². The topological polar surface area (TPSA) is 36.3 Å². The van der Waals surface area contributed by atoms with E-state index in [9.17, 15) is 0 Å². The van der Waals surface area contributed by atoms with Crippen LogP contribution in [0.1, 0.15) is 20.3 Å². The first-order valence-electron chi connectivity index (χ1n) is 4.80. The van der Waals surface area contributed by atoms with Gasteiger partial charge < -0.3 is 4.74 Å². The van der Waals surface area contributed by atoms with Crippen molar-refractivity contribution < 1.29 is 4.74 Å². The van der Waals surface area contributed by atoms with E-state index in [1.54, 1.807) is 0 Å². The van der Waals surface area contributed by atoms with Gasteiger partial charge in [0.25, 0.3) is 0 Å². The van der Waals surface area contributed by atoms with Gasteiger partial charge in [-0.2, -0.15) is 5.26 Å². The van der Waals surface area contributed by atoms with E-state index in [1.807, 2.05) is 11.9 Å². The van der Waals surface area contributed by atoms with Crippen LogP contribution in [-0.4, -0.2) is 38.3 Å². The molecule has 0 spiro atoms. The van der Waals surface area contributed by atoms with Gasteiger partial charge >= 0.3 is 0 Å². The van der Waals surface area contributed by atoms with Crippen molar-refractivity contribution in [1.29, 1.82) is 5.26 Å². The smallest absolute Gasteiger partial charge is 0.0864 e. The van der Waals surface area contributed by atoms with Gasteiger partial charge in [-0.15, -0.1) is 0 Å². The highest BCUT2D eigenvalue weighted by Crippen LogP contribution is 1.98. The largest absolute Gasteiger partial charge is 0.380 e. The predicted molar refractivity (Wildman–Crippen MR) is 53.4 cm³/mol. The summed E-state index contributed by atoms with van der Waals surface area (Å²) in [6.45, 7) is 7.25. The maximum absolute atomic E-state index is 8.38. The fourth-order valence-electron chi connectivity index (χ4n) is 0.841. The highest BCUT2D eigenvalue weighted by atomic mass is 16.5. The molecule has 0 aliphatic carbocycles. The molecule has 0 aromatic heterocycles. The Morgan fingerprint density at radius 2 is 2.08 bits per heavy atom. The molecule has 0 saturated carbocycles. The summed E-state index contributed by atoms with van der Waals surface area (Å²) in [6, 6.07) is 2.10. The summed E-state index contributed by atoms with van der Waals surface area (Å²) in [5.74, 6) is 0.705. The number of rotatable bonds is 7. The van der Waals surface area contributed by atoms with Crippen molar-refractivity contribution in [2.45, 2.75) is 20.3 Å². The molecule has 13 heavy (non-hydrogen) atoms. The summed E-state index contributed by atoms with van der Waals surface area (Å²) >= 11 is 0. The number of likely N-dealkylation sites (N-methyl/N-ethyl adjacent to an activating group) is 1. The summed E-state index contributed by atoms with van der Waals surface area (Å²) in [7, 11) is 1.93. The van der Waals surface area contributed by atoms with Gasteiger partial charge in [-0.25, -0.2) is 0 Å². The van der Waals surface area contributed by atoms with E-state index in [2.05, 4.69) is 19.9 Å². The highest BCUT2D eigenvalue weighted by molar-refractivity contribution is 4.73. The minimum atomic E-state index is 0.480. The van der Waals surface area contributed by atoms with E-state index in [0.29, 0.717) is 12.5 Å². The zero-order valence-electron chi connectivity index (χ0n) is 8.92. The Kier molecular flexibility index (Phi) is 7.66. The van der Waals surface area contributed by atoms with Crippen LogP contribution in [0.5, 0.6) is 0 Å². The van der Waals surface area contributed by atoms with Crippen molar-refractivity contribution in [3.8, 4) is 6.07 Å². The molecule has 76 valence electrons. The fraction of sp³-hybridized carbons (Fsp3) is 0.900. The lowest BCUT2D eigenvalue weighted by atomic mass is 10.1. The van der Waals surface area contributed by atoms with Crippen LogP contribution in [0.4, 0.5) is 0 Å². The molecule has 3 heteroatoms. The molecule has 0 N–H and O–H groups in total. The van der Waals surface area contributed by atoms with Crippen LogP contribution < -0.4 is 0 Å². The Labute approximate surface area is 81.3 Å². The molecular formula is C10H20N2O. The number of ether oxygens (including phenoxy) is 1. The van der Waals surface area contributed by atoms with Crippen molar-refractivity contribution in [2.24, 2.45) is 5.92 Å². The molecule has 0 fully saturated rings. The lowest BCUT2D eigenvalue weighted by molar-refractivity contribution is 0.106. The van der Waals surface area contributed by atoms with E-state index < -0.39 is 0 Å². The Morgan fingerprint density at radius 1 is 1.38 bits per heavy atom. The zero-order valence-corrected chi connectivity index (χ0v) is 8.92. The van der Waals surface area contributed by atoms with Crippen LogP contribution in [0, 0.1) is 17.2 Å². The molecule has 0 aromatic rings. The van der Waals surface area contributed by atoms with Gasteiger partial charge in [-0.3, -0.25) is 4.90 Å². The second-order valence-corrected chi connectivity index (χ2v) is 3.69. The average molecular weight is 184 g/mol. The van der Waals surface area contributed by atoms with Crippen LogP contribution in [0.25, 0.3) is 0 Å². The third-order valence-corrected chi connectivity index (χ3v) is 1.80. The van der Waals surface area contributed by atoms with Gasteiger partial charge in [0, 0.05) is 13.2 Å². The lowest BCUT2D eigenvalue weighted by Gasteiger charge is -2.12. The minimum absolute atomic E-state index is 0.480. The molecule has 0 atom stereocenters. The molecule has 0 aromatic carbocycles. The summed E-state index contributed by atoms with van der Waals surface area (Å²) in [5.41, 5.74) is 0. The average Bonchev–Trinajstić information content (AvgIpc) is 2.03. The third kappa shape index (κ3) is 9.32. The SMILES string of the molecule is CC(C)CCOCCN(C)CC#N. The maximum Gasteiger partial charge on any atom is 0.0864 e. The Balaban J connectivity index is 3.12. The number of nitrogens with zero attached hydrogens (tertiary/aromatic N) is 2. The first kappa shape index (κ1) is 12.4. The molecule has 0 heterocycles. The van der Waals surface area contributed by atoms with Gasteiger partial charge in [-0.1, -0.05) is 13.8 Å². The number of hydrogen-bond donors (Lipinski definition) is 0. The third-order valence-electron chi connectivity index (χ3n) is 1.80. The van der Waals surface area contributed by atoms with Crippen LogP contribution in [-0.2, 0) is 4.74 Å². The van der Waals surface area contributed by atoms with Gasteiger partial charge in [0.15, 0.2) is 0 Å². The van der Waals surface area contributed by atoms with Crippen molar-refractivity contribution in [2.75, 3.05) is 33.4 Å². The summed E-state index contributed by atoms with van der Waals surface area (Å²) in [4.78, 5) is 1.95. The summed E-state index contributed by atoms with van der Waals surface area (Å²) in [6.07, 6.45) is 1.11. The Bertz CT molecular complexity index is 151. The van der Waals surface area contributed by atoms with E-state index in [4.69, 9.17) is 10.00 Å². The zero-order chi connectivity index (χ0) is 10.1. The summed E-state index contributed by atoms with van der Waals surface area (Å²) in [5, 5.41) is 8.38. The molecule has 0 rings (SSSR count). The van der Waals surface area contributed by atoms with Crippen LogP contribution in [0.3, 0.4) is 0 Å². The molecule has 0 unspecified atom stereocenters. The predicted octanol–water partition coefficient (Wildman–Crippen LogP) is 1.50. The molecule has 0 aliphatic heterocycles. The highest BCUT2D eigenvalue weighted by Gasteiger charge is 1.97. The number of nitriles is 1. The molecular weight excluding hydrogens is 164 g/mol. The molecule has 0 amide bonds. The van der Waals surface area contributed by atoms with Gasteiger partial charge in [0.1, 0.15) is 0 Å². The first-order chi connectivity index (χ1) is 6.16. The molecule has 0 radical (unpaired) electrons. The molecule has 0 bridgehead atoms. The van der Waals surface area contributed by atoms with E-state index in [0.717, 1.165) is 26.2 Å². The Morgan fingerprint density at radius 3 is 2.62 bits per heavy atom. The second kappa shape index (κ2) is 8.03. The van der Waals surface area contributed by atoms with E-state index in [1.165, 1.54) is 0 Å². The quantitative estimate of drug-likeness (QED) is 0.444. The van der Waals surface area contributed by atoms with E-state index in [-0.39, 0.29) is 0 Å². The molecule has 3 nitrogen and oxygen atoms in total. The standard InChI is InChI=1S/C10H20N2O/c1-10(2)4-8-13-9-7-12(3)6-5-11/h10H,4,6-9H2,1-3H3. The van der Waals surface area contributed by atoms with Crippen molar-refractivity contribution in [1.82, 2.24) is 4.90 Å². The van der Waals surface area contributed by atoms with Crippen molar-refractivity contribution in [3.63, 3.8) is 0 Å². The van der Waals surface area contributed by atoms with Crippen LogP contribution >= 0.6 is 0 Å². The van der Waals surface area contributed by atoms with E-state index >= 15 is 0 Å². The van der Waals surface area contributed by atoms with Gasteiger partial charge in [0.2, 0.25) is 0 Å². The van der Waals surface area contributed by atoms with Crippen molar-refractivity contribution in [3.05, 3.63) is 0 Å².